The van der Waals surface area contributed by atoms with E-state index in [-0.39, 0.29) is 31.1 Å². The Bertz CT molecular complexity index is 1490. The number of nitrogens with zero attached hydrogens (tertiary/aromatic N) is 6. The molecular formula is C24H21F3N6O6. The Labute approximate surface area is 217 Å². The molecule has 1 fully saturated rings. The Balaban J connectivity index is 1.36. The van der Waals surface area contributed by atoms with Crippen LogP contribution in [0.15, 0.2) is 42.7 Å². The van der Waals surface area contributed by atoms with Gasteiger partial charge in [0.2, 0.25) is 6.79 Å². The highest BCUT2D eigenvalue weighted by atomic mass is 19.2. The third kappa shape index (κ3) is 4.38. The molecule has 204 valence electrons. The van der Waals surface area contributed by atoms with Crippen LogP contribution in [0.3, 0.4) is 0 Å². The highest BCUT2D eigenvalue weighted by molar-refractivity contribution is 5.64. The van der Waals surface area contributed by atoms with E-state index in [0.29, 0.717) is 22.8 Å². The summed E-state index contributed by atoms with van der Waals surface area (Å²) >= 11 is 0. The van der Waals surface area contributed by atoms with Crippen LogP contribution in [0.5, 0.6) is 11.5 Å². The first-order valence-corrected chi connectivity index (χ1v) is 11.8. The van der Waals surface area contributed by atoms with Crippen LogP contribution in [-0.2, 0) is 4.74 Å². The minimum absolute atomic E-state index is 0.00484. The minimum atomic E-state index is -1.62. The maximum absolute atomic E-state index is 13.8. The van der Waals surface area contributed by atoms with E-state index in [4.69, 9.17) is 14.2 Å². The molecule has 39 heavy (non-hydrogen) atoms. The van der Waals surface area contributed by atoms with Crippen molar-refractivity contribution in [3.63, 3.8) is 0 Å². The van der Waals surface area contributed by atoms with Crippen LogP contribution in [0, 0.1) is 17.5 Å². The molecular weight excluding hydrogens is 525 g/mol. The predicted octanol–water partition coefficient (Wildman–Crippen LogP) is 1.59. The van der Waals surface area contributed by atoms with Gasteiger partial charge in [-0.2, -0.15) is 0 Å². The van der Waals surface area contributed by atoms with Gasteiger partial charge in [-0.15, -0.1) is 10.2 Å². The lowest BCUT2D eigenvalue weighted by Gasteiger charge is -2.42. The van der Waals surface area contributed by atoms with E-state index in [1.807, 2.05) is 0 Å². The molecule has 2 aliphatic heterocycles. The number of rotatable bonds is 6. The van der Waals surface area contributed by atoms with Crippen molar-refractivity contribution in [3.8, 4) is 34.0 Å². The van der Waals surface area contributed by atoms with Gasteiger partial charge in [0.15, 0.2) is 35.2 Å². The zero-order chi connectivity index (χ0) is 27.3. The van der Waals surface area contributed by atoms with Crippen molar-refractivity contribution < 1.29 is 42.7 Å². The molecule has 0 aliphatic carbocycles. The van der Waals surface area contributed by atoms with Gasteiger partial charge in [0.05, 0.1) is 24.2 Å². The van der Waals surface area contributed by atoms with Crippen molar-refractivity contribution in [2.24, 2.45) is 0 Å². The summed E-state index contributed by atoms with van der Waals surface area (Å²) in [4.78, 5) is 0. The van der Waals surface area contributed by atoms with Gasteiger partial charge in [-0.3, -0.25) is 0 Å². The summed E-state index contributed by atoms with van der Waals surface area (Å²) in [6.07, 6.45) is -2.33. The average Bonchev–Trinajstić information content (AvgIpc) is 3.69. The summed E-state index contributed by atoms with van der Waals surface area (Å²) in [6, 6.07) is 5.51. The molecule has 4 heterocycles. The molecule has 0 unspecified atom stereocenters. The number of hydrogen-bond acceptors (Lipinski definition) is 10. The van der Waals surface area contributed by atoms with E-state index in [1.54, 1.807) is 18.2 Å². The topological polar surface area (TPSA) is 150 Å². The van der Waals surface area contributed by atoms with Crippen LogP contribution in [0.4, 0.5) is 13.2 Å². The summed E-state index contributed by atoms with van der Waals surface area (Å²) < 4.78 is 60.2. The molecule has 0 saturated carbocycles. The van der Waals surface area contributed by atoms with Gasteiger partial charge in [-0.1, -0.05) is 10.4 Å². The van der Waals surface area contributed by atoms with E-state index >= 15 is 0 Å². The van der Waals surface area contributed by atoms with Crippen molar-refractivity contribution in [1.29, 1.82) is 0 Å². The van der Waals surface area contributed by atoms with Crippen LogP contribution < -0.4 is 9.47 Å². The Kier molecular flexibility index (Phi) is 6.42. The van der Waals surface area contributed by atoms with Gasteiger partial charge >= 0.3 is 0 Å². The number of fused-ring (bicyclic) bond motifs is 1. The zero-order valence-electron chi connectivity index (χ0n) is 19.9. The molecule has 5 atom stereocenters. The van der Waals surface area contributed by atoms with E-state index in [9.17, 15) is 28.5 Å². The van der Waals surface area contributed by atoms with E-state index in [1.165, 1.54) is 17.1 Å². The van der Waals surface area contributed by atoms with Crippen LogP contribution in [0.2, 0.25) is 0 Å². The summed E-state index contributed by atoms with van der Waals surface area (Å²) in [6.45, 7) is -0.249. The second kappa shape index (κ2) is 9.92. The van der Waals surface area contributed by atoms with Gasteiger partial charge in [-0.25, -0.2) is 22.5 Å². The lowest BCUT2D eigenvalue weighted by molar-refractivity contribution is -0.228. The number of aliphatic hydroxyl groups excluding tert-OH is 3. The first kappa shape index (κ1) is 25.2. The zero-order valence-corrected chi connectivity index (χ0v) is 19.9. The van der Waals surface area contributed by atoms with Gasteiger partial charge < -0.3 is 29.5 Å². The van der Waals surface area contributed by atoms with Crippen molar-refractivity contribution in [2.45, 2.75) is 37.0 Å². The fourth-order valence-corrected chi connectivity index (χ4v) is 4.76. The number of benzene rings is 2. The molecule has 2 aromatic heterocycles. The SMILES string of the molecule is OCC[C@H]1O[C@@H](n2nncc2-c2ccc3c(c2)OCO3)[C@H](O)[C@@H](n2cc(-c3cc(F)c(F)c(F)c3)nn2)[C@H]1O. The Hall–Kier alpha value is -4.05. The summed E-state index contributed by atoms with van der Waals surface area (Å²) in [5, 5.41) is 47.9. The van der Waals surface area contributed by atoms with Crippen molar-refractivity contribution in [2.75, 3.05) is 13.4 Å². The molecule has 2 aliphatic rings. The lowest BCUT2D eigenvalue weighted by Crippen LogP contribution is -2.53. The third-order valence-electron chi connectivity index (χ3n) is 6.68. The van der Waals surface area contributed by atoms with Gasteiger partial charge in [0.1, 0.15) is 23.9 Å². The van der Waals surface area contributed by atoms with Crippen molar-refractivity contribution >= 4 is 0 Å². The van der Waals surface area contributed by atoms with Gasteiger partial charge in [0, 0.05) is 17.7 Å². The van der Waals surface area contributed by atoms with Crippen LogP contribution >= 0.6 is 0 Å². The first-order chi connectivity index (χ1) is 18.9. The monoisotopic (exact) mass is 546 g/mol. The normalized spacial score (nSPS) is 24.3. The first-order valence-electron chi connectivity index (χ1n) is 11.8. The Morgan fingerprint density at radius 2 is 1.72 bits per heavy atom. The number of hydrogen-bond donors (Lipinski definition) is 3. The summed E-state index contributed by atoms with van der Waals surface area (Å²) in [5.41, 5.74) is 0.950. The molecule has 1 saturated heterocycles. The molecule has 15 heteroatoms. The van der Waals surface area contributed by atoms with Crippen LogP contribution in [-0.4, -0.2) is 77.0 Å². The molecule has 4 aromatic rings. The second-order valence-corrected chi connectivity index (χ2v) is 9.02. The minimum Gasteiger partial charge on any atom is -0.454 e. The van der Waals surface area contributed by atoms with Crippen molar-refractivity contribution in [1.82, 2.24) is 30.0 Å². The summed E-state index contributed by atoms with van der Waals surface area (Å²) in [5.74, 6) is -3.35. The maximum atomic E-state index is 13.8. The highest BCUT2D eigenvalue weighted by Gasteiger charge is 2.47. The molecule has 6 rings (SSSR count). The lowest BCUT2D eigenvalue weighted by atomic mass is 9.93. The van der Waals surface area contributed by atoms with Gasteiger partial charge in [-0.05, 0) is 36.8 Å². The molecule has 0 spiro atoms. The van der Waals surface area contributed by atoms with Crippen LogP contribution in [0.25, 0.3) is 22.5 Å². The molecule has 3 N–H and O–H groups in total. The predicted molar refractivity (Wildman–Crippen MR) is 124 cm³/mol. The van der Waals surface area contributed by atoms with E-state index < -0.39 is 48.0 Å². The largest absolute Gasteiger partial charge is 0.454 e. The fraction of sp³-hybridized carbons (Fsp3) is 0.333. The standard InChI is InChI=1S/C24H21F3N6O6/c25-13-5-12(6-14(26)20(13)27)15-9-32(31-29-15)21-22(35)18(3-4-34)39-24(23(21)36)33-16(8-28-30-33)11-1-2-17-19(7-11)38-10-37-17/h1-2,5-9,18,21-24,34-36H,3-4,10H2/t18-,21+,22+,23-,24-/m1/s1. The Morgan fingerprint density at radius 3 is 2.49 bits per heavy atom. The summed E-state index contributed by atoms with van der Waals surface area (Å²) in [7, 11) is 0. The maximum Gasteiger partial charge on any atom is 0.231 e. The van der Waals surface area contributed by atoms with E-state index in [0.717, 1.165) is 16.8 Å². The molecule has 0 bridgehead atoms. The third-order valence-corrected chi connectivity index (χ3v) is 6.68. The number of halogens is 3. The molecule has 12 nitrogen and oxygen atoms in total. The van der Waals surface area contributed by atoms with Gasteiger partial charge in [0.25, 0.3) is 0 Å². The quantitative estimate of drug-likeness (QED) is 0.304. The fourth-order valence-electron chi connectivity index (χ4n) is 4.76. The van der Waals surface area contributed by atoms with E-state index in [2.05, 4.69) is 20.6 Å². The molecule has 2 aromatic carbocycles. The van der Waals surface area contributed by atoms with Crippen molar-refractivity contribution in [3.05, 3.63) is 60.2 Å². The average molecular weight is 546 g/mol. The number of aliphatic hydroxyl groups is 3. The smallest absolute Gasteiger partial charge is 0.231 e. The molecule has 0 amide bonds. The number of aromatic nitrogens is 6. The van der Waals surface area contributed by atoms with Crippen LogP contribution in [0.1, 0.15) is 18.7 Å². The number of ether oxygens (including phenoxy) is 3. The highest BCUT2D eigenvalue weighted by Crippen LogP contribution is 2.40. The molecule has 0 radical (unpaired) electrons. The second-order valence-electron chi connectivity index (χ2n) is 9.02. The Morgan fingerprint density at radius 1 is 0.949 bits per heavy atom.